The molecule has 1 unspecified atom stereocenters. The zero-order chi connectivity index (χ0) is 21.5. The van der Waals surface area contributed by atoms with Crippen molar-refractivity contribution in [1.82, 2.24) is 14.5 Å². The Kier molecular flexibility index (Phi) is 7.25. The average Bonchev–Trinajstić information content (AvgIpc) is 3.32. The molecule has 31 heavy (non-hydrogen) atoms. The Hall–Kier alpha value is -2.80. The van der Waals surface area contributed by atoms with Gasteiger partial charge >= 0.3 is 0 Å². The van der Waals surface area contributed by atoms with Gasteiger partial charge in [-0.2, -0.15) is 0 Å². The summed E-state index contributed by atoms with van der Waals surface area (Å²) in [6.07, 6.45) is 8.49. The SMILES string of the molecule is O=CN1CCN(c2ccc(SC(CCc3ccc(F)cc3)Cn3ccnc3)cc2)CC1. The summed E-state index contributed by atoms with van der Waals surface area (Å²) in [7, 11) is 0. The van der Waals surface area contributed by atoms with E-state index >= 15 is 0 Å². The second-order valence-electron chi connectivity index (χ2n) is 7.79. The zero-order valence-electron chi connectivity index (χ0n) is 17.4. The molecule has 5 nitrogen and oxygen atoms in total. The molecule has 0 spiro atoms. The van der Waals surface area contributed by atoms with Crippen LogP contribution in [0.2, 0.25) is 0 Å². The number of aromatic nitrogens is 2. The number of rotatable bonds is 9. The Morgan fingerprint density at radius 2 is 1.77 bits per heavy atom. The molecule has 0 saturated carbocycles. The van der Waals surface area contributed by atoms with Gasteiger partial charge in [0.25, 0.3) is 0 Å². The molecule has 1 saturated heterocycles. The Morgan fingerprint density at radius 3 is 2.42 bits per heavy atom. The van der Waals surface area contributed by atoms with Crippen LogP contribution in [0.1, 0.15) is 12.0 Å². The number of aryl methyl sites for hydroxylation is 1. The van der Waals surface area contributed by atoms with Crippen molar-refractivity contribution in [3.8, 4) is 0 Å². The van der Waals surface area contributed by atoms with Crippen LogP contribution in [0.5, 0.6) is 0 Å². The summed E-state index contributed by atoms with van der Waals surface area (Å²) >= 11 is 1.87. The van der Waals surface area contributed by atoms with Gasteiger partial charge < -0.3 is 14.4 Å². The summed E-state index contributed by atoms with van der Waals surface area (Å²) in [5.74, 6) is -0.194. The number of nitrogens with zero attached hydrogens (tertiary/aromatic N) is 4. The van der Waals surface area contributed by atoms with Crippen LogP contribution in [-0.2, 0) is 17.8 Å². The van der Waals surface area contributed by atoms with Crippen molar-refractivity contribution in [3.05, 3.63) is 78.6 Å². The van der Waals surface area contributed by atoms with Crippen LogP contribution >= 0.6 is 11.8 Å². The molecule has 1 aliphatic rings. The first kappa shape index (κ1) is 21.4. The van der Waals surface area contributed by atoms with Gasteiger partial charge in [0.05, 0.1) is 6.33 Å². The Morgan fingerprint density at radius 1 is 1.03 bits per heavy atom. The van der Waals surface area contributed by atoms with Crippen molar-refractivity contribution in [1.29, 1.82) is 0 Å². The normalized spacial score (nSPS) is 15.1. The number of anilines is 1. The lowest BCUT2D eigenvalue weighted by Gasteiger charge is -2.34. The minimum Gasteiger partial charge on any atom is -0.368 e. The van der Waals surface area contributed by atoms with Crippen LogP contribution in [0, 0.1) is 5.82 Å². The fourth-order valence-electron chi connectivity index (χ4n) is 3.81. The molecule has 1 fully saturated rings. The molecule has 1 aliphatic heterocycles. The van der Waals surface area contributed by atoms with Crippen LogP contribution in [0.4, 0.5) is 10.1 Å². The molecular weight excluding hydrogens is 411 g/mol. The number of piperazine rings is 1. The minimum atomic E-state index is -0.194. The van der Waals surface area contributed by atoms with E-state index in [2.05, 4.69) is 38.7 Å². The molecule has 2 aromatic carbocycles. The van der Waals surface area contributed by atoms with Crippen LogP contribution < -0.4 is 4.90 Å². The van der Waals surface area contributed by atoms with Gasteiger partial charge in [-0.25, -0.2) is 9.37 Å². The van der Waals surface area contributed by atoms with Crippen LogP contribution in [0.3, 0.4) is 0 Å². The number of hydrogen-bond acceptors (Lipinski definition) is 4. The number of benzene rings is 2. The van der Waals surface area contributed by atoms with Gasteiger partial charge in [0.15, 0.2) is 0 Å². The van der Waals surface area contributed by atoms with Crippen molar-refractivity contribution in [2.75, 3.05) is 31.1 Å². The largest absolute Gasteiger partial charge is 0.368 e. The zero-order valence-corrected chi connectivity index (χ0v) is 18.3. The topological polar surface area (TPSA) is 41.4 Å². The first-order valence-corrected chi connectivity index (χ1v) is 11.5. The number of amides is 1. The van der Waals surface area contributed by atoms with Crippen molar-refractivity contribution in [3.63, 3.8) is 0 Å². The van der Waals surface area contributed by atoms with Crippen molar-refractivity contribution >= 4 is 23.9 Å². The van der Waals surface area contributed by atoms with Crippen molar-refractivity contribution < 1.29 is 9.18 Å². The van der Waals surface area contributed by atoms with Crippen LogP contribution in [-0.4, -0.2) is 52.3 Å². The van der Waals surface area contributed by atoms with E-state index in [1.54, 1.807) is 6.20 Å². The van der Waals surface area contributed by atoms with Crippen molar-refractivity contribution in [2.24, 2.45) is 0 Å². The summed E-state index contributed by atoms with van der Waals surface area (Å²) in [4.78, 5) is 20.5. The quantitative estimate of drug-likeness (QED) is 0.373. The molecule has 0 bridgehead atoms. The van der Waals surface area contributed by atoms with E-state index in [0.717, 1.165) is 57.5 Å². The molecule has 4 rings (SSSR count). The predicted molar refractivity (Wildman–Crippen MR) is 123 cm³/mol. The highest BCUT2D eigenvalue weighted by atomic mass is 32.2. The molecule has 0 N–H and O–H groups in total. The predicted octanol–water partition coefficient (Wildman–Crippen LogP) is 4.09. The second-order valence-corrected chi connectivity index (χ2v) is 9.16. The highest BCUT2D eigenvalue weighted by molar-refractivity contribution is 8.00. The van der Waals surface area contributed by atoms with Gasteiger partial charge in [0.2, 0.25) is 6.41 Å². The maximum atomic E-state index is 13.2. The summed E-state index contributed by atoms with van der Waals surface area (Å²) in [5, 5.41) is 0.376. The lowest BCUT2D eigenvalue weighted by Crippen LogP contribution is -2.45. The first-order chi connectivity index (χ1) is 15.2. The maximum Gasteiger partial charge on any atom is 0.209 e. The maximum absolute atomic E-state index is 13.2. The number of carbonyl (C=O) groups is 1. The van der Waals surface area contributed by atoms with Gasteiger partial charge in [-0.15, -0.1) is 11.8 Å². The molecule has 0 aliphatic carbocycles. The summed E-state index contributed by atoms with van der Waals surface area (Å²) in [5.41, 5.74) is 2.36. The van der Waals surface area contributed by atoms with Gasteiger partial charge in [0, 0.05) is 61.0 Å². The highest BCUT2D eigenvalue weighted by Crippen LogP contribution is 2.30. The van der Waals surface area contributed by atoms with E-state index in [9.17, 15) is 9.18 Å². The number of hydrogen-bond donors (Lipinski definition) is 0. The van der Waals surface area contributed by atoms with Crippen LogP contribution in [0.25, 0.3) is 0 Å². The Bertz CT molecular complexity index is 939. The summed E-state index contributed by atoms with van der Waals surface area (Å²) in [6, 6.07) is 15.5. The smallest absolute Gasteiger partial charge is 0.209 e. The van der Waals surface area contributed by atoms with Gasteiger partial charge in [0.1, 0.15) is 5.82 Å². The molecule has 3 aromatic rings. The minimum absolute atomic E-state index is 0.194. The highest BCUT2D eigenvalue weighted by Gasteiger charge is 2.16. The molecule has 1 amide bonds. The van der Waals surface area contributed by atoms with E-state index in [-0.39, 0.29) is 5.82 Å². The molecule has 162 valence electrons. The van der Waals surface area contributed by atoms with Gasteiger partial charge in [-0.05, 0) is 54.8 Å². The fraction of sp³-hybridized carbons (Fsp3) is 0.333. The summed E-state index contributed by atoms with van der Waals surface area (Å²) < 4.78 is 15.3. The summed E-state index contributed by atoms with van der Waals surface area (Å²) in [6.45, 7) is 4.16. The number of carbonyl (C=O) groups excluding carboxylic acids is 1. The standard InChI is InChI=1S/C24H27FN4OS/c25-21-4-1-20(2-5-21)3-8-24(17-28-12-11-26-18-28)31-23-9-6-22(7-10-23)29-15-13-27(19-30)14-16-29/h1-2,4-7,9-12,18-19,24H,3,8,13-17H2. The molecule has 2 heterocycles. The molecule has 1 aromatic heterocycles. The van der Waals surface area contributed by atoms with E-state index in [1.807, 2.05) is 41.3 Å². The number of halogens is 1. The molecule has 0 radical (unpaired) electrons. The number of imidazole rings is 1. The lowest BCUT2D eigenvalue weighted by molar-refractivity contribution is -0.118. The van der Waals surface area contributed by atoms with Crippen LogP contribution in [0.15, 0.2) is 72.1 Å². The fourth-order valence-corrected chi connectivity index (χ4v) is 4.97. The van der Waals surface area contributed by atoms with Gasteiger partial charge in [-0.3, -0.25) is 4.79 Å². The molecule has 7 heteroatoms. The third-order valence-electron chi connectivity index (χ3n) is 5.61. The third-order valence-corrected chi connectivity index (χ3v) is 6.87. The second kappa shape index (κ2) is 10.5. The molecular formula is C24H27FN4OS. The molecule has 1 atom stereocenters. The number of thioether (sulfide) groups is 1. The first-order valence-electron chi connectivity index (χ1n) is 10.6. The Labute approximate surface area is 186 Å². The van der Waals surface area contributed by atoms with E-state index in [0.29, 0.717) is 5.25 Å². The lowest BCUT2D eigenvalue weighted by atomic mass is 10.1. The van der Waals surface area contributed by atoms with E-state index in [4.69, 9.17) is 0 Å². The van der Waals surface area contributed by atoms with Crippen molar-refractivity contribution in [2.45, 2.75) is 29.5 Å². The Balaban J connectivity index is 1.38. The van der Waals surface area contributed by atoms with E-state index in [1.165, 1.54) is 22.7 Å². The van der Waals surface area contributed by atoms with Gasteiger partial charge in [-0.1, -0.05) is 12.1 Å². The monoisotopic (exact) mass is 438 g/mol. The third kappa shape index (κ3) is 6.10. The van der Waals surface area contributed by atoms with E-state index < -0.39 is 0 Å². The average molecular weight is 439 g/mol.